The average Bonchev–Trinajstić information content (AvgIpc) is 3.25. The van der Waals surface area contributed by atoms with E-state index in [0.717, 1.165) is 38.2 Å². The molecule has 2 aliphatic heterocycles. The lowest BCUT2D eigenvalue weighted by atomic mass is 9.87. The lowest BCUT2D eigenvalue weighted by molar-refractivity contribution is -0.0151. The Hall–Kier alpha value is -2.24. The molecule has 180 valence electrons. The summed E-state index contributed by atoms with van der Waals surface area (Å²) in [4.78, 5) is 6.86. The Bertz CT molecular complexity index is 1010. The molecule has 1 aromatic carbocycles. The monoisotopic (exact) mass is 476 g/mol. The van der Waals surface area contributed by atoms with E-state index >= 15 is 0 Å². The van der Waals surface area contributed by atoms with E-state index in [4.69, 9.17) is 9.47 Å². The number of hydrogen-bond donors (Lipinski definition) is 3. The van der Waals surface area contributed by atoms with Crippen molar-refractivity contribution in [2.24, 2.45) is 0 Å². The predicted octanol–water partition coefficient (Wildman–Crippen LogP) is 1.15. The Balaban J connectivity index is 1.20. The van der Waals surface area contributed by atoms with Crippen LogP contribution in [-0.2, 0) is 14.8 Å². The second-order valence-corrected chi connectivity index (χ2v) is 10.5. The van der Waals surface area contributed by atoms with Crippen LogP contribution in [0.1, 0.15) is 19.3 Å². The number of ether oxygens (including phenoxy) is 2. The smallest absolute Gasteiger partial charge is 0.240 e. The maximum atomic E-state index is 11.9. The summed E-state index contributed by atoms with van der Waals surface area (Å²) in [5.74, 6) is 1.41. The van der Waals surface area contributed by atoms with Gasteiger partial charge in [-0.3, -0.25) is 0 Å². The number of pyridine rings is 1. The minimum absolute atomic E-state index is 0.0633. The number of piperidine rings is 1. The van der Waals surface area contributed by atoms with E-state index in [-0.39, 0.29) is 23.1 Å². The van der Waals surface area contributed by atoms with Crippen LogP contribution < -0.4 is 19.7 Å². The first kappa shape index (κ1) is 23.9. The molecule has 1 spiro atoms. The molecule has 2 atom stereocenters. The molecule has 2 fully saturated rings. The van der Waals surface area contributed by atoms with Crippen LogP contribution >= 0.6 is 0 Å². The van der Waals surface area contributed by atoms with Crippen molar-refractivity contribution in [3.63, 3.8) is 0 Å². The first-order valence-corrected chi connectivity index (χ1v) is 12.8. The Morgan fingerprint density at radius 1 is 1.27 bits per heavy atom. The molecular formula is C23H32N4O5S. The van der Waals surface area contributed by atoms with Crippen molar-refractivity contribution >= 4 is 15.8 Å². The Labute approximate surface area is 195 Å². The van der Waals surface area contributed by atoms with Crippen molar-refractivity contribution in [3.8, 4) is 5.75 Å². The van der Waals surface area contributed by atoms with Gasteiger partial charge in [-0.1, -0.05) is 12.1 Å². The summed E-state index contributed by atoms with van der Waals surface area (Å²) in [6.07, 6.45) is 3.93. The Kier molecular flexibility index (Phi) is 7.50. The summed E-state index contributed by atoms with van der Waals surface area (Å²) in [5, 5.41) is 13.7. The van der Waals surface area contributed by atoms with Crippen molar-refractivity contribution in [2.75, 3.05) is 44.8 Å². The second-order valence-electron chi connectivity index (χ2n) is 8.63. The number of aliphatic hydroxyl groups excluding tert-OH is 1. The SMILES string of the molecule is CNS(=O)(=O)c1cccc(OCC(O)CN[C@H]2COC3(CCN(c4ccccn4)CC3)C2)c1. The van der Waals surface area contributed by atoms with E-state index in [1.165, 1.54) is 19.2 Å². The zero-order valence-electron chi connectivity index (χ0n) is 18.8. The summed E-state index contributed by atoms with van der Waals surface area (Å²) in [6, 6.07) is 12.4. The third kappa shape index (κ3) is 6.01. The summed E-state index contributed by atoms with van der Waals surface area (Å²) in [6.45, 7) is 2.90. The molecule has 0 bridgehead atoms. The fraction of sp³-hybridized carbons (Fsp3) is 0.522. The summed E-state index contributed by atoms with van der Waals surface area (Å²) in [5.41, 5.74) is -0.107. The number of aliphatic hydroxyl groups is 1. The molecule has 2 aliphatic rings. The van der Waals surface area contributed by atoms with Crippen LogP contribution in [-0.4, -0.2) is 76.2 Å². The van der Waals surface area contributed by atoms with E-state index in [1.807, 2.05) is 24.4 Å². The van der Waals surface area contributed by atoms with E-state index in [9.17, 15) is 13.5 Å². The maximum Gasteiger partial charge on any atom is 0.240 e. The predicted molar refractivity (Wildman–Crippen MR) is 125 cm³/mol. The van der Waals surface area contributed by atoms with Gasteiger partial charge in [-0.25, -0.2) is 18.1 Å². The molecule has 0 radical (unpaired) electrons. The first-order valence-electron chi connectivity index (χ1n) is 11.3. The number of nitrogens with one attached hydrogen (secondary N) is 2. The molecule has 4 rings (SSSR count). The largest absolute Gasteiger partial charge is 0.491 e. The summed E-state index contributed by atoms with van der Waals surface area (Å²) < 4.78 is 37.9. The van der Waals surface area contributed by atoms with Gasteiger partial charge in [-0.2, -0.15) is 0 Å². The summed E-state index contributed by atoms with van der Waals surface area (Å²) >= 11 is 0. The molecule has 0 aliphatic carbocycles. The highest BCUT2D eigenvalue weighted by Crippen LogP contribution is 2.36. The number of anilines is 1. The highest BCUT2D eigenvalue weighted by molar-refractivity contribution is 7.89. The first-order chi connectivity index (χ1) is 15.9. The standard InChI is InChI=1S/C23H32N4O5S/c1-24-33(29,30)21-6-4-5-20(13-21)31-17-19(28)15-26-18-14-23(32-16-18)8-11-27(12-9-23)22-7-2-3-10-25-22/h2-7,10,13,18-19,24,26,28H,8-9,11-12,14-17H2,1H3/t18-,19?/m1/s1. The number of rotatable bonds is 9. The molecule has 33 heavy (non-hydrogen) atoms. The molecule has 3 N–H and O–H groups in total. The summed E-state index contributed by atoms with van der Waals surface area (Å²) in [7, 11) is -2.18. The fourth-order valence-electron chi connectivity index (χ4n) is 4.41. The molecule has 2 aromatic rings. The number of sulfonamides is 1. The zero-order chi connectivity index (χ0) is 23.3. The van der Waals surface area contributed by atoms with Gasteiger partial charge in [0.15, 0.2) is 0 Å². The van der Waals surface area contributed by atoms with Gasteiger partial charge >= 0.3 is 0 Å². The molecule has 1 aromatic heterocycles. The molecule has 0 saturated carbocycles. The molecule has 0 amide bonds. The van der Waals surface area contributed by atoms with Gasteiger partial charge in [0, 0.05) is 37.9 Å². The van der Waals surface area contributed by atoms with Crippen LogP contribution in [0, 0.1) is 0 Å². The van der Waals surface area contributed by atoms with Gasteiger partial charge in [0.25, 0.3) is 0 Å². The quantitative estimate of drug-likeness (QED) is 0.494. The maximum absolute atomic E-state index is 11.9. The van der Waals surface area contributed by atoms with Gasteiger partial charge in [-0.15, -0.1) is 0 Å². The van der Waals surface area contributed by atoms with Crippen LogP contribution in [0.2, 0.25) is 0 Å². The van der Waals surface area contributed by atoms with Gasteiger partial charge < -0.3 is 24.8 Å². The minimum atomic E-state index is -3.54. The average molecular weight is 477 g/mol. The van der Waals surface area contributed by atoms with Gasteiger partial charge in [0.05, 0.1) is 17.1 Å². The van der Waals surface area contributed by atoms with Crippen LogP contribution in [0.4, 0.5) is 5.82 Å². The highest BCUT2D eigenvalue weighted by Gasteiger charge is 2.42. The number of aromatic nitrogens is 1. The van der Waals surface area contributed by atoms with Gasteiger partial charge in [0.2, 0.25) is 10.0 Å². The highest BCUT2D eigenvalue weighted by atomic mass is 32.2. The van der Waals surface area contributed by atoms with E-state index in [1.54, 1.807) is 12.1 Å². The zero-order valence-corrected chi connectivity index (χ0v) is 19.6. The van der Waals surface area contributed by atoms with Crippen LogP contribution in [0.3, 0.4) is 0 Å². The number of hydrogen-bond acceptors (Lipinski definition) is 8. The van der Waals surface area contributed by atoms with Crippen molar-refractivity contribution < 1.29 is 23.0 Å². The van der Waals surface area contributed by atoms with Crippen molar-refractivity contribution in [2.45, 2.75) is 41.9 Å². The number of benzene rings is 1. The van der Waals surface area contributed by atoms with Gasteiger partial charge in [-0.05, 0) is 50.6 Å². The van der Waals surface area contributed by atoms with Crippen molar-refractivity contribution in [1.82, 2.24) is 15.0 Å². The normalized spacial score (nSPS) is 21.3. The van der Waals surface area contributed by atoms with Crippen molar-refractivity contribution in [3.05, 3.63) is 48.7 Å². The minimum Gasteiger partial charge on any atom is -0.491 e. The Morgan fingerprint density at radius 3 is 2.82 bits per heavy atom. The van der Waals surface area contributed by atoms with Crippen LogP contribution in [0.25, 0.3) is 0 Å². The third-order valence-electron chi connectivity index (χ3n) is 6.33. The molecule has 2 saturated heterocycles. The van der Waals surface area contributed by atoms with Crippen LogP contribution in [0.5, 0.6) is 5.75 Å². The molecular weight excluding hydrogens is 444 g/mol. The van der Waals surface area contributed by atoms with E-state index < -0.39 is 16.1 Å². The molecule has 9 nitrogen and oxygen atoms in total. The lowest BCUT2D eigenvalue weighted by Gasteiger charge is -2.39. The van der Waals surface area contributed by atoms with Crippen molar-refractivity contribution in [1.29, 1.82) is 0 Å². The molecule has 3 heterocycles. The van der Waals surface area contributed by atoms with E-state index in [0.29, 0.717) is 18.9 Å². The lowest BCUT2D eigenvalue weighted by Crippen LogP contribution is -2.45. The van der Waals surface area contributed by atoms with Gasteiger partial charge in [0.1, 0.15) is 24.3 Å². The third-order valence-corrected chi connectivity index (χ3v) is 7.74. The topological polar surface area (TPSA) is 113 Å². The fourth-order valence-corrected chi connectivity index (χ4v) is 5.18. The van der Waals surface area contributed by atoms with E-state index in [2.05, 4.69) is 19.9 Å². The second kappa shape index (κ2) is 10.4. The molecule has 10 heteroatoms. The Morgan fingerprint density at radius 2 is 2.09 bits per heavy atom. The number of nitrogens with zero attached hydrogens (tertiary/aromatic N) is 2. The van der Waals surface area contributed by atoms with Crippen LogP contribution in [0.15, 0.2) is 53.6 Å². The molecule has 1 unspecified atom stereocenters.